The molecule has 112 valence electrons. The highest BCUT2D eigenvalue weighted by Crippen LogP contribution is 2.53. The number of aliphatic hydroxyl groups excluding tert-OH is 1. The molecule has 2 aliphatic carbocycles. The number of fused-ring (bicyclic) bond motifs is 1. The number of carbonyl (C=O) groups excluding carboxylic acids is 1. The van der Waals surface area contributed by atoms with Crippen LogP contribution in [0.5, 0.6) is 11.5 Å². The lowest BCUT2D eigenvalue weighted by Crippen LogP contribution is -2.34. The molecular formula is C17H15NO4. The Morgan fingerprint density at radius 2 is 2.27 bits per heavy atom. The van der Waals surface area contributed by atoms with Gasteiger partial charge in [-0.1, -0.05) is 12.2 Å². The van der Waals surface area contributed by atoms with Crippen LogP contribution in [0.15, 0.2) is 30.5 Å². The van der Waals surface area contributed by atoms with Crippen molar-refractivity contribution in [2.45, 2.75) is 24.4 Å². The van der Waals surface area contributed by atoms with Crippen LogP contribution >= 0.6 is 0 Å². The summed E-state index contributed by atoms with van der Waals surface area (Å²) < 4.78 is 5.25. The number of aromatic hydroxyl groups is 1. The average Bonchev–Trinajstić information content (AvgIpc) is 2.78. The quantitative estimate of drug-likeness (QED) is 0.788. The van der Waals surface area contributed by atoms with Crippen molar-refractivity contribution in [1.82, 2.24) is 4.98 Å². The number of hydrogen-bond donors (Lipinski definition) is 2. The number of pyridine rings is 1. The number of phenolic OH excluding ortho intramolecular Hbond substituents is 1. The SMILES string of the molecule is COc1cc2ccnc3c2c(c1O)[C@@]1(C=C[C@@H](O)CC1)C3=O. The molecule has 1 aromatic heterocycles. The van der Waals surface area contributed by atoms with Crippen molar-refractivity contribution >= 4 is 16.6 Å². The number of benzene rings is 1. The van der Waals surface area contributed by atoms with E-state index >= 15 is 0 Å². The molecule has 4 rings (SSSR count). The van der Waals surface area contributed by atoms with Crippen LogP contribution in [0.1, 0.15) is 28.9 Å². The van der Waals surface area contributed by atoms with Crippen molar-refractivity contribution in [3.05, 3.63) is 41.7 Å². The van der Waals surface area contributed by atoms with E-state index in [1.165, 1.54) is 7.11 Å². The maximum atomic E-state index is 13.0. The number of methoxy groups -OCH3 is 1. The Hall–Kier alpha value is -2.40. The standard InChI is InChI=1S/C17H15NO4/c1-22-11-8-9-4-7-18-14-12(9)13(15(11)20)17(16(14)21)5-2-10(19)3-6-17/h2,4-5,7-8,10,19-20H,3,6H2,1H3/t10-,17+/m1/s1. The van der Waals surface area contributed by atoms with Gasteiger partial charge in [0, 0.05) is 17.1 Å². The molecule has 1 heterocycles. The Labute approximate surface area is 126 Å². The number of Topliss-reactive ketones (excluding diaryl/α,β-unsaturated/α-hetero) is 1. The molecule has 0 fully saturated rings. The first-order valence-corrected chi connectivity index (χ1v) is 7.20. The minimum Gasteiger partial charge on any atom is -0.504 e. The molecule has 0 bridgehead atoms. The smallest absolute Gasteiger partial charge is 0.196 e. The minimum atomic E-state index is -0.952. The van der Waals surface area contributed by atoms with Crippen LogP contribution in [0.3, 0.4) is 0 Å². The van der Waals surface area contributed by atoms with E-state index in [1.54, 1.807) is 30.5 Å². The predicted octanol–water partition coefficient (Wildman–Crippen LogP) is 2.09. The molecule has 0 aliphatic heterocycles. The summed E-state index contributed by atoms with van der Waals surface area (Å²) in [6.45, 7) is 0. The topological polar surface area (TPSA) is 79.7 Å². The monoisotopic (exact) mass is 297 g/mol. The van der Waals surface area contributed by atoms with Crippen LogP contribution in [-0.2, 0) is 5.41 Å². The van der Waals surface area contributed by atoms with Crippen LogP contribution < -0.4 is 4.74 Å². The predicted molar refractivity (Wildman–Crippen MR) is 80.3 cm³/mol. The van der Waals surface area contributed by atoms with Crippen LogP contribution in [0.25, 0.3) is 10.8 Å². The van der Waals surface area contributed by atoms with E-state index in [4.69, 9.17) is 4.74 Å². The largest absolute Gasteiger partial charge is 0.504 e. The van der Waals surface area contributed by atoms with E-state index in [-0.39, 0.29) is 11.5 Å². The number of rotatable bonds is 1. The number of aliphatic hydroxyl groups is 1. The Kier molecular flexibility index (Phi) is 2.60. The number of phenols is 1. The normalized spacial score (nSPS) is 26.1. The summed E-state index contributed by atoms with van der Waals surface area (Å²) in [7, 11) is 1.49. The molecule has 22 heavy (non-hydrogen) atoms. The lowest BCUT2D eigenvalue weighted by Gasteiger charge is -2.30. The highest BCUT2D eigenvalue weighted by molar-refractivity contribution is 6.21. The Morgan fingerprint density at radius 1 is 1.45 bits per heavy atom. The average molecular weight is 297 g/mol. The van der Waals surface area contributed by atoms with Crippen LogP contribution in [0.2, 0.25) is 0 Å². The first kappa shape index (κ1) is 13.3. The number of allylic oxidation sites excluding steroid dienone is 1. The molecule has 1 spiro atoms. The summed E-state index contributed by atoms with van der Waals surface area (Å²) >= 11 is 0. The van der Waals surface area contributed by atoms with Gasteiger partial charge in [-0.15, -0.1) is 0 Å². The minimum absolute atomic E-state index is 0.0175. The maximum absolute atomic E-state index is 13.0. The maximum Gasteiger partial charge on any atom is 0.196 e. The second kappa shape index (κ2) is 4.30. The van der Waals surface area contributed by atoms with Gasteiger partial charge in [0.25, 0.3) is 0 Å². The van der Waals surface area contributed by atoms with Gasteiger partial charge in [-0.3, -0.25) is 9.78 Å². The van der Waals surface area contributed by atoms with E-state index < -0.39 is 11.5 Å². The summed E-state index contributed by atoms with van der Waals surface area (Å²) in [5, 5.41) is 21.8. The van der Waals surface area contributed by atoms with Crippen molar-refractivity contribution in [3.63, 3.8) is 0 Å². The van der Waals surface area contributed by atoms with Gasteiger partial charge in [0.1, 0.15) is 5.69 Å². The summed E-state index contributed by atoms with van der Waals surface area (Å²) in [6, 6.07) is 3.52. The Bertz CT molecular complexity index is 842. The van der Waals surface area contributed by atoms with Gasteiger partial charge in [-0.05, 0) is 30.4 Å². The number of carbonyl (C=O) groups is 1. The lowest BCUT2D eigenvalue weighted by molar-refractivity contribution is 0.0890. The molecule has 0 amide bonds. The molecular weight excluding hydrogens is 282 g/mol. The second-order valence-corrected chi connectivity index (χ2v) is 5.83. The summed E-state index contributed by atoms with van der Waals surface area (Å²) in [4.78, 5) is 17.2. The highest BCUT2D eigenvalue weighted by Gasteiger charge is 2.50. The van der Waals surface area contributed by atoms with Gasteiger partial charge < -0.3 is 14.9 Å². The van der Waals surface area contributed by atoms with E-state index in [1.807, 2.05) is 0 Å². The number of hydrogen-bond acceptors (Lipinski definition) is 5. The van der Waals surface area contributed by atoms with Gasteiger partial charge in [-0.2, -0.15) is 0 Å². The number of nitrogens with zero attached hydrogens (tertiary/aromatic N) is 1. The summed E-state index contributed by atoms with van der Waals surface area (Å²) in [5.41, 5.74) is -0.0168. The molecule has 5 nitrogen and oxygen atoms in total. The van der Waals surface area contributed by atoms with Gasteiger partial charge in [-0.25, -0.2) is 0 Å². The van der Waals surface area contributed by atoms with Crippen molar-refractivity contribution in [3.8, 4) is 11.5 Å². The fourth-order valence-corrected chi connectivity index (χ4v) is 3.63. The first-order valence-electron chi connectivity index (χ1n) is 7.20. The van der Waals surface area contributed by atoms with Gasteiger partial charge in [0.15, 0.2) is 17.3 Å². The van der Waals surface area contributed by atoms with Crippen molar-refractivity contribution < 1.29 is 19.7 Å². The molecule has 2 aliphatic rings. The van der Waals surface area contributed by atoms with E-state index in [9.17, 15) is 15.0 Å². The van der Waals surface area contributed by atoms with Gasteiger partial charge >= 0.3 is 0 Å². The molecule has 0 radical (unpaired) electrons. The zero-order valence-electron chi connectivity index (χ0n) is 12.0. The van der Waals surface area contributed by atoms with Gasteiger partial charge in [0.2, 0.25) is 0 Å². The van der Waals surface area contributed by atoms with Crippen LogP contribution in [0.4, 0.5) is 0 Å². The lowest BCUT2D eigenvalue weighted by atomic mass is 9.72. The molecule has 0 saturated heterocycles. The van der Waals surface area contributed by atoms with Gasteiger partial charge in [0.05, 0.1) is 18.6 Å². The summed E-state index contributed by atoms with van der Waals surface area (Å²) in [5.74, 6) is 0.198. The second-order valence-electron chi connectivity index (χ2n) is 5.83. The number of ketones is 1. The van der Waals surface area contributed by atoms with E-state index in [0.717, 1.165) is 5.39 Å². The molecule has 1 aromatic carbocycles. The van der Waals surface area contributed by atoms with Crippen molar-refractivity contribution in [1.29, 1.82) is 0 Å². The van der Waals surface area contributed by atoms with Crippen molar-refractivity contribution in [2.24, 2.45) is 0 Å². The number of ether oxygens (including phenoxy) is 1. The first-order chi connectivity index (χ1) is 10.6. The molecule has 5 heteroatoms. The summed E-state index contributed by atoms with van der Waals surface area (Å²) in [6.07, 6.45) is 5.27. The third-order valence-electron chi connectivity index (χ3n) is 4.71. The molecule has 2 N–H and O–H groups in total. The Balaban J connectivity index is 2.13. The van der Waals surface area contributed by atoms with Crippen LogP contribution in [-0.4, -0.2) is 34.2 Å². The van der Waals surface area contributed by atoms with E-state index in [0.29, 0.717) is 35.2 Å². The zero-order chi connectivity index (χ0) is 15.5. The van der Waals surface area contributed by atoms with Crippen molar-refractivity contribution in [2.75, 3.05) is 7.11 Å². The third kappa shape index (κ3) is 1.46. The third-order valence-corrected chi connectivity index (χ3v) is 4.71. The molecule has 2 aromatic rings. The van der Waals surface area contributed by atoms with E-state index in [2.05, 4.69) is 4.98 Å². The Morgan fingerprint density at radius 3 is 2.95 bits per heavy atom. The fourth-order valence-electron chi connectivity index (χ4n) is 3.63. The molecule has 0 saturated carbocycles. The fraction of sp³-hybridized carbons (Fsp3) is 0.294. The number of aromatic nitrogens is 1. The highest BCUT2D eigenvalue weighted by atomic mass is 16.5. The molecule has 0 unspecified atom stereocenters. The van der Waals surface area contributed by atoms with Crippen LogP contribution in [0, 0.1) is 0 Å². The molecule has 2 atom stereocenters. The zero-order valence-corrected chi connectivity index (χ0v) is 12.0.